The summed E-state index contributed by atoms with van der Waals surface area (Å²) in [6.07, 6.45) is 0. The Balaban J connectivity index is 1.35. The number of anilines is 1. The van der Waals surface area contributed by atoms with Gasteiger partial charge in [0.25, 0.3) is 5.91 Å². The van der Waals surface area contributed by atoms with Gasteiger partial charge in [-0.25, -0.2) is 14.8 Å². The molecule has 3 aliphatic rings. The van der Waals surface area contributed by atoms with E-state index < -0.39 is 6.03 Å². The van der Waals surface area contributed by atoms with Crippen LogP contribution in [-0.2, 0) is 4.74 Å². The van der Waals surface area contributed by atoms with Crippen LogP contribution in [0.15, 0.2) is 30.3 Å². The summed E-state index contributed by atoms with van der Waals surface area (Å²) in [5, 5.41) is 13.9. The van der Waals surface area contributed by atoms with Gasteiger partial charge in [0.1, 0.15) is 5.69 Å². The fraction of sp³-hybridized carbons (Fsp3) is 0.333. The van der Waals surface area contributed by atoms with Gasteiger partial charge in [-0.2, -0.15) is 5.10 Å². The first kappa shape index (κ1) is 22.9. The van der Waals surface area contributed by atoms with Crippen LogP contribution in [0.4, 0.5) is 10.5 Å². The third-order valence-corrected chi connectivity index (χ3v) is 7.78. The lowest BCUT2D eigenvalue weighted by molar-refractivity contribution is 0.0364. The van der Waals surface area contributed by atoms with Crippen molar-refractivity contribution in [2.75, 3.05) is 57.5 Å². The number of morpholine rings is 1. The first-order valence-corrected chi connectivity index (χ1v) is 12.6. The zero-order valence-corrected chi connectivity index (χ0v) is 20.3. The minimum atomic E-state index is -0.668. The largest absolute Gasteiger partial charge is 0.379 e. The lowest BCUT2D eigenvalue weighted by atomic mass is 10.1. The van der Waals surface area contributed by atoms with Crippen molar-refractivity contribution in [1.82, 2.24) is 25.4 Å². The summed E-state index contributed by atoms with van der Waals surface area (Å²) in [5.74, 6) is -0.245. The minimum Gasteiger partial charge on any atom is -0.379 e. The molecule has 0 unspecified atom stereocenters. The molecule has 0 saturated carbocycles. The number of rotatable bonds is 4. The first-order chi connectivity index (χ1) is 17.5. The van der Waals surface area contributed by atoms with E-state index in [1.807, 2.05) is 17.0 Å². The summed E-state index contributed by atoms with van der Waals surface area (Å²) in [6.45, 7) is 4.79. The van der Waals surface area contributed by atoms with Crippen molar-refractivity contribution in [1.29, 1.82) is 0 Å². The maximum atomic E-state index is 13.8. The topological polar surface area (TPSA) is 137 Å². The Bertz CT molecular complexity index is 1350. The second-order valence-corrected chi connectivity index (χ2v) is 9.86. The molecule has 6 rings (SSSR count). The summed E-state index contributed by atoms with van der Waals surface area (Å²) in [6, 6.07) is 8.30. The number of primary amides is 1. The van der Waals surface area contributed by atoms with Gasteiger partial charge < -0.3 is 20.7 Å². The monoisotopic (exact) mass is 507 g/mol. The van der Waals surface area contributed by atoms with E-state index in [0.717, 1.165) is 18.0 Å². The van der Waals surface area contributed by atoms with E-state index in [-0.39, 0.29) is 11.7 Å². The van der Waals surface area contributed by atoms with Crippen molar-refractivity contribution in [2.45, 2.75) is 0 Å². The second kappa shape index (κ2) is 9.13. The molecule has 2 saturated heterocycles. The normalized spacial score (nSPS) is 17.7. The maximum Gasteiger partial charge on any atom is 0.334 e. The van der Waals surface area contributed by atoms with Crippen molar-refractivity contribution in [3.8, 4) is 21.8 Å². The zero-order valence-electron chi connectivity index (χ0n) is 19.5. The molecule has 1 aromatic carbocycles. The third-order valence-electron chi connectivity index (χ3n) is 6.69. The van der Waals surface area contributed by atoms with Crippen LogP contribution in [0.5, 0.6) is 0 Å². The summed E-state index contributed by atoms with van der Waals surface area (Å²) in [7, 11) is 0. The minimum absolute atomic E-state index is 0.0107. The van der Waals surface area contributed by atoms with Crippen LogP contribution < -0.4 is 16.1 Å². The van der Waals surface area contributed by atoms with Crippen molar-refractivity contribution in [2.24, 2.45) is 5.73 Å². The number of amides is 3. The van der Waals surface area contributed by atoms with Crippen LogP contribution in [0, 0.1) is 0 Å². The number of H-pyrrole nitrogens is 1. The Kier molecular flexibility index (Phi) is 5.80. The summed E-state index contributed by atoms with van der Waals surface area (Å²) < 4.78 is 5.41. The Morgan fingerprint density at radius 3 is 2.58 bits per heavy atom. The highest BCUT2D eigenvalue weighted by molar-refractivity contribution is 7.17. The van der Waals surface area contributed by atoms with Gasteiger partial charge >= 0.3 is 6.03 Å². The van der Waals surface area contributed by atoms with E-state index >= 15 is 0 Å². The van der Waals surface area contributed by atoms with Crippen LogP contribution in [0.25, 0.3) is 21.8 Å². The molecule has 186 valence electrons. The number of nitrogens with two attached hydrogens (primary N) is 1. The zero-order chi connectivity index (χ0) is 24.8. The Morgan fingerprint density at radius 1 is 1.06 bits per heavy atom. The molecule has 3 amide bonds. The van der Waals surface area contributed by atoms with E-state index in [1.54, 1.807) is 23.2 Å². The number of ether oxygens (including phenoxy) is 1. The number of hydrogen-bond donors (Lipinski definition) is 3. The average molecular weight is 508 g/mol. The molecule has 0 radical (unpaired) electrons. The molecule has 3 aromatic rings. The number of carbonyl (C=O) groups is 3. The number of piperazine rings is 1. The molecule has 2 fully saturated rings. The fourth-order valence-corrected chi connectivity index (χ4v) is 5.96. The molecular weight excluding hydrogens is 482 g/mol. The number of ketones is 1. The van der Waals surface area contributed by atoms with Gasteiger partial charge in [-0.05, 0) is 18.2 Å². The molecule has 11 nitrogen and oxygen atoms in total. The van der Waals surface area contributed by atoms with Crippen molar-refractivity contribution < 1.29 is 19.1 Å². The SMILES string of the molecule is NC(=O)N(c1cccc2c1C(=O)c1c-2n[nH]c1-c1ccc(C(=O)N2CCNCC2)s1)N1CCOCC1. The number of aromatic amines is 1. The lowest BCUT2D eigenvalue weighted by Crippen LogP contribution is -2.54. The molecule has 4 N–H and O–H groups in total. The molecule has 4 heterocycles. The van der Waals surface area contributed by atoms with E-state index in [2.05, 4.69) is 15.5 Å². The van der Waals surface area contributed by atoms with Gasteiger partial charge in [0.05, 0.1) is 45.5 Å². The number of hydrogen-bond acceptors (Lipinski definition) is 8. The molecule has 12 heteroatoms. The van der Waals surface area contributed by atoms with Crippen molar-refractivity contribution >= 4 is 34.7 Å². The number of carbonyl (C=O) groups excluding carboxylic acids is 3. The highest BCUT2D eigenvalue weighted by Gasteiger charge is 2.38. The molecule has 0 spiro atoms. The summed E-state index contributed by atoms with van der Waals surface area (Å²) >= 11 is 1.34. The van der Waals surface area contributed by atoms with E-state index in [0.29, 0.717) is 78.0 Å². The predicted molar refractivity (Wildman–Crippen MR) is 134 cm³/mol. The highest BCUT2D eigenvalue weighted by Crippen LogP contribution is 2.45. The van der Waals surface area contributed by atoms with Gasteiger partial charge in [-0.3, -0.25) is 14.7 Å². The number of thiophene rings is 1. The van der Waals surface area contributed by atoms with Crippen LogP contribution in [0.1, 0.15) is 25.6 Å². The quantitative estimate of drug-likeness (QED) is 0.381. The Hall–Kier alpha value is -3.58. The number of nitrogens with one attached hydrogen (secondary N) is 2. The lowest BCUT2D eigenvalue weighted by Gasteiger charge is -2.36. The molecule has 0 atom stereocenters. The number of nitrogens with zero attached hydrogens (tertiary/aromatic N) is 4. The van der Waals surface area contributed by atoms with Crippen LogP contribution in [0.2, 0.25) is 0 Å². The van der Waals surface area contributed by atoms with Gasteiger partial charge in [0.15, 0.2) is 5.78 Å². The number of urea groups is 1. The van der Waals surface area contributed by atoms with Gasteiger partial charge in [-0.15, -0.1) is 11.3 Å². The smallest absolute Gasteiger partial charge is 0.334 e. The molecule has 0 bridgehead atoms. The fourth-order valence-electron chi connectivity index (χ4n) is 4.99. The standard InChI is InChI=1S/C24H25N7O4S/c25-24(34)31(30-10-12-35-13-11-30)15-3-1-2-14-18(15)22(32)19-20(14)27-28-21(19)16-4-5-17(36-16)23(33)29-8-6-26-7-9-29/h1-5,26H,6-13H2,(H2,25,34)(H,27,28). The molecular formula is C24H25N7O4S. The number of hydrazine groups is 1. The van der Waals surface area contributed by atoms with Gasteiger partial charge in [0.2, 0.25) is 0 Å². The molecule has 1 aliphatic carbocycles. The van der Waals surface area contributed by atoms with Crippen LogP contribution in [-0.4, -0.2) is 90.3 Å². The molecule has 2 aromatic heterocycles. The van der Waals surface area contributed by atoms with E-state index in [1.165, 1.54) is 16.3 Å². The maximum absolute atomic E-state index is 13.8. The average Bonchev–Trinajstić information content (AvgIpc) is 3.62. The van der Waals surface area contributed by atoms with E-state index in [4.69, 9.17) is 10.5 Å². The van der Waals surface area contributed by atoms with Gasteiger partial charge in [0, 0.05) is 44.8 Å². The van der Waals surface area contributed by atoms with Crippen LogP contribution in [0.3, 0.4) is 0 Å². The first-order valence-electron chi connectivity index (χ1n) is 11.8. The van der Waals surface area contributed by atoms with Crippen molar-refractivity contribution in [3.63, 3.8) is 0 Å². The van der Waals surface area contributed by atoms with E-state index in [9.17, 15) is 14.4 Å². The van der Waals surface area contributed by atoms with Gasteiger partial charge in [-0.1, -0.05) is 12.1 Å². The Labute approximate surface area is 210 Å². The molecule has 2 aliphatic heterocycles. The number of benzene rings is 1. The predicted octanol–water partition coefficient (Wildman–Crippen LogP) is 1.53. The highest BCUT2D eigenvalue weighted by atomic mass is 32.1. The Morgan fingerprint density at radius 2 is 1.83 bits per heavy atom. The van der Waals surface area contributed by atoms with Crippen LogP contribution >= 0.6 is 11.3 Å². The summed E-state index contributed by atoms with van der Waals surface area (Å²) in [5.41, 5.74) is 8.76. The number of aromatic nitrogens is 2. The summed E-state index contributed by atoms with van der Waals surface area (Å²) in [4.78, 5) is 42.5. The van der Waals surface area contributed by atoms with Crippen molar-refractivity contribution in [3.05, 3.63) is 46.3 Å². The number of fused-ring (bicyclic) bond motifs is 3. The molecule has 36 heavy (non-hydrogen) atoms. The second-order valence-electron chi connectivity index (χ2n) is 8.77. The third kappa shape index (κ3) is 3.69.